The Morgan fingerprint density at radius 2 is 1.94 bits per heavy atom. The van der Waals surface area contributed by atoms with Crippen LogP contribution in [0, 0.1) is 29.9 Å². The Bertz CT molecular complexity index is 1200. The van der Waals surface area contributed by atoms with Crippen molar-refractivity contribution >= 4 is 17.3 Å². The number of nitrogens with one attached hydrogen (secondary N) is 1. The summed E-state index contributed by atoms with van der Waals surface area (Å²) in [6.45, 7) is 2.96. The zero-order valence-electron chi connectivity index (χ0n) is 17.9. The molecule has 3 aromatic rings. The lowest BCUT2D eigenvalue weighted by Gasteiger charge is -2.34. The third-order valence-corrected chi connectivity index (χ3v) is 5.36. The lowest BCUT2D eigenvalue weighted by Crippen LogP contribution is -2.38. The number of halogens is 2. The van der Waals surface area contributed by atoms with Crippen LogP contribution in [0.25, 0.3) is 0 Å². The molecule has 33 heavy (non-hydrogen) atoms. The van der Waals surface area contributed by atoms with Gasteiger partial charge in [0.05, 0.1) is 34.9 Å². The van der Waals surface area contributed by atoms with Gasteiger partial charge in [0, 0.05) is 38.2 Å². The van der Waals surface area contributed by atoms with Gasteiger partial charge in [-0.15, -0.1) is 0 Å². The van der Waals surface area contributed by atoms with Crippen molar-refractivity contribution in [3.8, 4) is 11.8 Å². The average Bonchev–Trinajstić information content (AvgIpc) is 2.82. The number of rotatable bonds is 5. The lowest BCUT2D eigenvalue weighted by atomic mass is 10.1. The van der Waals surface area contributed by atoms with Crippen molar-refractivity contribution in [1.29, 1.82) is 5.26 Å². The number of amides is 1. The van der Waals surface area contributed by atoms with E-state index in [0.717, 1.165) is 17.8 Å². The molecule has 1 amide bonds. The van der Waals surface area contributed by atoms with Crippen LogP contribution < -0.4 is 15.0 Å². The Hall–Kier alpha value is -4.06. The molecule has 1 N–H and O–H groups in total. The summed E-state index contributed by atoms with van der Waals surface area (Å²) in [6, 6.07) is 10.4. The van der Waals surface area contributed by atoms with Crippen LogP contribution in [0.5, 0.6) is 5.75 Å². The summed E-state index contributed by atoms with van der Waals surface area (Å²) >= 11 is 0. The van der Waals surface area contributed by atoms with Crippen LogP contribution in [0.4, 0.5) is 20.2 Å². The number of benzene rings is 2. The van der Waals surface area contributed by atoms with E-state index in [9.17, 15) is 18.8 Å². The second-order valence-corrected chi connectivity index (χ2v) is 7.72. The molecule has 0 atom stereocenters. The highest BCUT2D eigenvalue weighted by Gasteiger charge is 2.24. The summed E-state index contributed by atoms with van der Waals surface area (Å²) in [5.74, 6) is -1.78. The minimum absolute atomic E-state index is 0.0281. The molecule has 2 aromatic carbocycles. The van der Waals surface area contributed by atoms with E-state index in [1.54, 1.807) is 25.1 Å². The summed E-state index contributed by atoms with van der Waals surface area (Å²) in [4.78, 5) is 22.9. The lowest BCUT2D eigenvalue weighted by molar-refractivity contribution is 0.102. The van der Waals surface area contributed by atoms with Gasteiger partial charge in [-0.1, -0.05) is 0 Å². The number of carbonyl (C=O) groups is 1. The molecule has 0 radical (unpaired) electrons. The molecule has 2 heterocycles. The smallest absolute Gasteiger partial charge is 0.275 e. The molecule has 168 valence electrons. The van der Waals surface area contributed by atoms with E-state index in [0.29, 0.717) is 42.9 Å². The molecule has 4 rings (SSSR count). The Morgan fingerprint density at radius 1 is 1.15 bits per heavy atom. The normalized spacial score (nSPS) is 13.9. The van der Waals surface area contributed by atoms with Gasteiger partial charge < -0.3 is 15.0 Å². The van der Waals surface area contributed by atoms with Crippen molar-refractivity contribution in [2.24, 2.45) is 0 Å². The highest BCUT2D eigenvalue weighted by molar-refractivity contribution is 6.04. The monoisotopic (exact) mass is 449 g/mol. The number of hydrogen-bond acceptors (Lipinski definition) is 6. The van der Waals surface area contributed by atoms with Gasteiger partial charge in [-0.05, 0) is 37.3 Å². The molecule has 0 saturated carbocycles. The molecule has 0 aliphatic carbocycles. The van der Waals surface area contributed by atoms with Crippen molar-refractivity contribution in [1.82, 2.24) is 9.97 Å². The second kappa shape index (κ2) is 9.61. The fraction of sp³-hybridized carbons (Fsp3) is 0.250. The zero-order chi connectivity index (χ0) is 23.4. The Kier molecular flexibility index (Phi) is 6.45. The van der Waals surface area contributed by atoms with Gasteiger partial charge in [-0.25, -0.2) is 13.8 Å². The van der Waals surface area contributed by atoms with Crippen molar-refractivity contribution in [3.05, 3.63) is 77.4 Å². The highest BCUT2D eigenvalue weighted by Crippen LogP contribution is 2.31. The van der Waals surface area contributed by atoms with E-state index < -0.39 is 17.5 Å². The molecule has 1 fully saturated rings. The summed E-state index contributed by atoms with van der Waals surface area (Å²) in [6.07, 6.45) is 3.90. The summed E-state index contributed by atoms with van der Waals surface area (Å²) in [7, 11) is 0. The number of aromatic nitrogens is 2. The van der Waals surface area contributed by atoms with Crippen LogP contribution in [0.1, 0.15) is 34.6 Å². The van der Waals surface area contributed by atoms with Gasteiger partial charge in [0.15, 0.2) is 11.6 Å². The second-order valence-electron chi connectivity index (χ2n) is 7.72. The predicted octanol–water partition coefficient (Wildman–Crippen LogP) is 4.24. The highest BCUT2D eigenvalue weighted by atomic mass is 19.1. The number of nitrogens with zero attached hydrogens (tertiary/aromatic N) is 4. The molecule has 1 aliphatic heterocycles. The Morgan fingerprint density at radius 3 is 2.61 bits per heavy atom. The van der Waals surface area contributed by atoms with E-state index in [1.807, 2.05) is 0 Å². The Labute approximate surface area is 189 Å². The van der Waals surface area contributed by atoms with E-state index in [-0.39, 0.29) is 17.5 Å². The first-order valence-corrected chi connectivity index (χ1v) is 10.4. The average molecular weight is 449 g/mol. The van der Waals surface area contributed by atoms with Crippen LogP contribution >= 0.6 is 0 Å². The van der Waals surface area contributed by atoms with Crippen LogP contribution in [0.2, 0.25) is 0 Å². The number of nitriles is 1. The van der Waals surface area contributed by atoms with Crippen molar-refractivity contribution < 1.29 is 18.3 Å². The molecular formula is C24H21F2N5O2. The minimum atomic E-state index is -0.728. The van der Waals surface area contributed by atoms with Gasteiger partial charge in [-0.3, -0.25) is 9.78 Å². The number of aryl methyl sites for hydroxylation is 1. The van der Waals surface area contributed by atoms with Crippen LogP contribution in [0.3, 0.4) is 0 Å². The van der Waals surface area contributed by atoms with Gasteiger partial charge >= 0.3 is 0 Å². The fourth-order valence-electron chi connectivity index (χ4n) is 3.64. The fourth-order valence-corrected chi connectivity index (χ4v) is 3.64. The molecule has 7 nitrogen and oxygen atoms in total. The van der Waals surface area contributed by atoms with Gasteiger partial charge in [0.1, 0.15) is 17.6 Å². The zero-order valence-corrected chi connectivity index (χ0v) is 17.9. The predicted molar refractivity (Wildman–Crippen MR) is 118 cm³/mol. The van der Waals surface area contributed by atoms with Crippen molar-refractivity contribution in [3.63, 3.8) is 0 Å². The van der Waals surface area contributed by atoms with E-state index >= 15 is 0 Å². The number of ether oxygens (including phenoxy) is 1. The van der Waals surface area contributed by atoms with Gasteiger partial charge in [0.25, 0.3) is 5.91 Å². The molecule has 1 saturated heterocycles. The first-order valence-electron chi connectivity index (χ1n) is 10.4. The quantitative estimate of drug-likeness (QED) is 0.627. The number of anilines is 2. The summed E-state index contributed by atoms with van der Waals surface area (Å²) in [5, 5.41) is 12.1. The van der Waals surface area contributed by atoms with Crippen molar-refractivity contribution in [2.45, 2.75) is 25.9 Å². The van der Waals surface area contributed by atoms with E-state index in [4.69, 9.17) is 4.74 Å². The molecule has 0 spiro atoms. The van der Waals surface area contributed by atoms with Crippen LogP contribution in [-0.2, 0) is 0 Å². The maximum absolute atomic E-state index is 13.9. The maximum atomic E-state index is 13.9. The number of piperidine rings is 1. The Balaban J connectivity index is 1.47. The van der Waals surface area contributed by atoms with Gasteiger partial charge in [-0.2, -0.15) is 5.26 Å². The molecule has 1 aliphatic rings. The number of carbonyl (C=O) groups excluding carboxylic acids is 1. The maximum Gasteiger partial charge on any atom is 0.275 e. The minimum Gasteiger partial charge on any atom is -0.487 e. The molecular weight excluding hydrogens is 428 g/mol. The topological polar surface area (TPSA) is 91.1 Å². The largest absolute Gasteiger partial charge is 0.487 e. The third kappa shape index (κ3) is 5.23. The van der Waals surface area contributed by atoms with Crippen molar-refractivity contribution in [2.75, 3.05) is 23.3 Å². The summed E-state index contributed by atoms with van der Waals surface area (Å²) in [5.41, 5.74) is 2.53. The van der Waals surface area contributed by atoms with Crippen LogP contribution in [0.15, 0.2) is 48.8 Å². The molecule has 0 bridgehead atoms. The third-order valence-electron chi connectivity index (χ3n) is 5.36. The molecule has 1 aromatic heterocycles. The first kappa shape index (κ1) is 22.1. The standard InChI is InChI=1S/C24H21F2N5O2/c1-15-13-29-21(14-28-15)24(32)30-20-10-16(12-27)2-4-22(20)31-8-6-18(7-9-31)33-23-5-3-17(25)11-19(23)26/h2-5,10-11,13-14,18H,6-9H2,1H3,(H,30,32). The first-order chi connectivity index (χ1) is 15.9. The number of hydrogen-bond donors (Lipinski definition) is 1. The van der Waals surface area contributed by atoms with Crippen LogP contribution in [-0.4, -0.2) is 35.1 Å². The van der Waals surface area contributed by atoms with E-state index in [2.05, 4.69) is 26.3 Å². The van der Waals surface area contributed by atoms with Gasteiger partial charge in [0.2, 0.25) is 0 Å². The molecule has 0 unspecified atom stereocenters. The molecule has 9 heteroatoms. The SMILES string of the molecule is Cc1cnc(C(=O)Nc2cc(C#N)ccc2N2CCC(Oc3ccc(F)cc3F)CC2)cn1. The summed E-state index contributed by atoms with van der Waals surface area (Å²) < 4.78 is 32.7. The van der Waals surface area contributed by atoms with E-state index in [1.165, 1.54) is 18.5 Å².